The fourth-order valence-electron chi connectivity index (χ4n) is 3.14. The number of amides is 1. The fraction of sp³-hybridized carbons (Fsp3) is 0.350. The predicted octanol–water partition coefficient (Wildman–Crippen LogP) is 2.70. The highest BCUT2D eigenvalue weighted by atomic mass is 35.5. The number of ether oxygens (including phenoxy) is 3. The highest BCUT2D eigenvalue weighted by Crippen LogP contribution is 2.43. The molecule has 31 heavy (non-hydrogen) atoms. The highest BCUT2D eigenvalue weighted by Gasteiger charge is 2.40. The standard InChI is InChI=1S/C20H22Cl2N2O6S/c1-4-29-19(27)15-12(8-30-20(31)17(23)25)24-9(2)13(18(26)28-3)14(15)10-6-5-7-11(21)16(10)22/h5-7,14,20,24,31H,4,8H2,1-3H3,(H2,23,25). The maximum atomic E-state index is 13.0. The van der Waals surface area contributed by atoms with Crippen molar-refractivity contribution in [3.63, 3.8) is 0 Å². The molecule has 0 fully saturated rings. The monoisotopic (exact) mass is 488 g/mol. The van der Waals surface area contributed by atoms with E-state index in [9.17, 15) is 14.4 Å². The molecule has 0 radical (unpaired) electrons. The van der Waals surface area contributed by atoms with E-state index in [4.69, 9.17) is 43.1 Å². The molecule has 1 aromatic rings. The van der Waals surface area contributed by atoms with E-state index >= 15 is 0 Å². The van der Waals surface area contributed by atoms with Crippen molar-refractivity contribution in [1.29, 1.82) is 0 Å². The largest absolute Gasteiger partial charge is 0.466 e. The van der Waals surface area contributed by atoms with E-state index in [-0.39, 0.29) is 40.1 Å². The number of primary amides is 1. The minimum Gasteiger partial charge on any atom is -0.466 e. The van der Waals surface area contributed by atoms with Crippen molar-refractivity contribution in [2.45, 2.75) is 25.2 Å². The number of allylic oxidation sites excluding steroid dienone is 1. The molecule has 168 valence electrons. The number of benzene rings is 1. The first-order valence-corrected chi connectivity index (χ1v) is 10.4. The Kier molecular flexibility index (Phi) is 8.81. The van der Waals surface area contributed by atoms with Crippen LogP contribution < -0.4 is 11.1 Å². The summed E-state index contributed by atoms with van der Waals surface area (Å²) >= 11 is 16.6. The lowest BCUT2D eigenvalue weighted by atomic mass is 9.80. The van der Waals surface area contributed by atoms with Gasteiger partial charge in [0.2, 0.25) is 0 Å². The molecule has 0 aliphatic carbocycles. The summed E-state index contributed by atoms with van der Waals surface area (Å²) in [5, 5.41) is 3.37. The van der Waals surface area contributed by atoms with Gasteiger partial charge in [0.25, 0.3) is 5.91 Å². The van der Waals surface area contributed by atoms with Crippen molar-refractivity contribution in [2.75, 3.05) is 20.3 Å². The number of carbonyl (C=O) groups is 3. The van der Waals surface area contributed by atoms with Gasteiger partial charge < -0.3 is 25.3 Å². The second-order valence-corrected chi connectivity index (χ2v) is 7.66. The number of hydrogen-bond donors (Lipinski definition) is 3. The second kappa shape index (κ2) is 10.9. The number of thiol groups is 1. The van der Waals surface area contributed by atoms with Gasteiger partial charge in [-0.15, -0.1) is 12.6 Å². The summed E-state index contributed by atoms with van der Waals surface area (Å²) in [4.78, 5) is 37.0. The molecule has 3 N–H and O–H groups in total. The fourth-order valence-corrected chi connectivity index (χ4v) is 3.63. The number of esters is 2. The van der Waals surface area contributed by atoms with Gasteiger partial charge in [0.05, 0.1) is 53.1 Å². The second-order valence-electron chi connectivity index (χ2n) is 6.41. The average molecular weight is 489 g/mol. The number of hydrogen-bond acceptors (Lipinski definition) is 8. The van der Waals surface area contributed by atoms with Gasteiger partial charge in [0, 0.05) is 5.70 Å². The molecule has 11 heteroatoms. The number of halogens is 2. The minimum atomic E-state index is -1.21. The molecule has 1 amide bonds. The Labute approximate surface area is 195 Å². The van der Waals surface area contributed by atoms with Crippen molar-refractivity contribution in [1.82, 2.24) is 5.32 Å². The van der Waals surface area contributed by atoms with Crippen LogP contribution in [0.2, 0.25) is 10.0 Å². The third-order valence-corrected chi connectivity index (χ3v) is 5.70. The van der Waals surface area contributed by atoms with Gasteiger partial charge >= 0.3 is 11.9 Å². The molecule has 2 unspecified atom stereocenters. The number of dihydropyridines is 1. The van der Waals surface area contributed by atoms with Crippen molar-refractivity contribution < 1.29 is 28.6 Å². The van der Waals surface area contributed by atoms with Crippen molar-refractivity contribution in [3.05, 3.63) is 56.3 Å². The highest BCUT2D eigenvalue weighted by molar-refractivity contribution is 7.81. The van der Waals surface area contributed by atoms with Crippen LogP contribution >= 0.6 is 35.8 Å². The number of methoxy groups -OCH3 is 1. The third-order valence-electron chi connectivity index (χ3n) is 4.47. The molecule has 0 spiro atoms. The summed E-state index contributed by atoms with van der Waals surface area (Å²) in [7, 11) is 1.23. The first-order chi connectivity index (χ1) is 14.6. The predicted molar refractivity (Wildman–Crippen MR) is 119 cm³/mol. The minimum absolute atomic E-state index is 0.0574. The summed E-state index contributed by atoms with van der Waals surface area (Å²) in [5.74, 6) is -3.14. The summed E-state index contributed by atoms with van der Waals surface area (Å²) in [6, 6.07) is 4.87. The van der Waals surface area contributed by atoms with Crippen LogP contribution in [-0.4, -0.2) is 43.6 Å². The van der Waals surface area contributed by atoms with E-state index in [1.807, 2.05) is 0 Å². The molecular formula is C20H22Cl2N2O6S. The summed E-state index contributed by atoms with van der Waals surface area (Å²) in [5.41, 5.74) is 5.23. The van der Waals surface area contributed by atoms with Crippen LogP contribution in [0.25, 0.3) is 0 Å². The van der Waals surface area contributed by atoms with Gasteiger partial charge in [0.15, 0.2) is 5.44 Å². The Morgan fingerprint density at radius 1 is 1.23 bits per heavy atom. The molecule has 0 aromatic heterocycles. The van der Waals surface area contributed by atoms with Crippen molar-refractivity contribution in [2.24, 2.45) is 5.73 Å². The van der Waals surface area contributed by atoms with Crippen LogP contribution in [0.5, 0.6) is 0 Å². The van der Waals surface area contributed by atoms with Gasteiger partial charge in [-0.05, 0) is 25.5 Å². The number of nitrogens with one attached hydrogen (secondary N) is 1. The molecule has 1 aromatic carbocycles. The van der Waals surface area contributed by atoms with E-state index in [0.717, 1.165) is 0 Å². The smallest absolute Gasteiger partial charge is 0.336 e. The van der Waals surface area contributed by atoms with Gasteiger partial charge in [-0.1, -0.05) is 35.3 Å². The quantitative estimate of drug-likeness (QED) is 0.292. The normalized spacial score (nSPS) is 17.2. The Bertz CT molecular complexity index is 963. The Morgan fingerprint density at radius 2 is 1.90 bits per heavy atom. The maximum Gasteiger partial charge on any atom is 0.336 e. The number of nitrogens with two attached hydrogens (primary N) is 1. The average Bonchev–Trinajstić information content (AvgIpc) is 2.72. The van der Waals surface area contributed by atoms with E-state index in [2.05, 4.69) is 17.9 Å². The van der Waals surface area contributed by atoms with Gasteiger partial charge in [0.1, 0.15) is 0 Å². The van der Waals surface area contributed by atoms with Crippen LogP contribution in [0.3, 0.4) is 0 Å². The SMILES string of the molecule is CCOC(=O)C1=C(COC(S)C(N)=O)NC(C)=C(C(=O)OC)C1c1cccc(Cl)c1Cl. The molecule has 1 aliphatic heterocycles. The first-order valence-electron chi connectivity index (χ1n) is 9.13. The van der Waals surface area contributed by atoms with E-state index < -0.39 is 29.2 Å². The van der Waals surface area contributed by atoms with E-state index in [0.29, 0.717) is 11.3 Å². The molecule has 0 saturated carbocycles. The zero-order chi connectivity index (χ0) is 23.3. The van der Waals surface area contributed by atoms with Gasteiger partial charge in [-0.3, -0.25) is 4.79 Å². The van der Waals surface area contributed by atoms with Gasteiger partial charge in [-0.2, -0.15) is 0 Å². The zero-order valence-corrected chi connectivity index (χ0v) is 19.4. The van der Waals surface area contributed by atoms with Crippen LogP contribution in [0.4, 0.5) is 0 Å². The molecule has 1 aliphatic rings. The Balaban J connectivity index is 2.73. The summed E-state index contributed by atoms with van der Waals surface area (Å²) < 4.78 is 15.5. The molecule has 0 bridgehead atoms. The molecule has 8 nitrogen and oxygen atoms in total. The zero-order valence-electron chi connectivity index (χ0n) is 17.0. The van der Waals surface area contributed by atoms with Gasteiger partial charge in [-0.25, -0.2) is 9.59 Å². The molecular weight excluding hydrogens is 467 g/mol. The topological polar surface area (TPSA) is 117 Å². The van der Waals surface area contributed by atoms with Crippen molar-refractivity contribution in [3.8, 4) is 0 Å². The van der Waals surface area contributed by atoms with E-state index in [1.54, 1.807) is 32.0 Å². The van der Waals surface area contributed by atoms with Crippen LogP contribution in [0.1, 0.15) is 25.3 Å². The molecule has 1 heterocycles. The molecule has 2 rings (SSSR count). The summed E-state index contributed by atoms with van der Waals surface area (Å²) in [6.07, 6.45) is 0. The van der Waals surface area contributed by atoms with Crippen LogP contribution in [-0.2, 0) is 28.6 Å². The Morgan fingerprint density at radius 3 is 2.48 bits per heavy atom. The summed E-state index contributed by atoms with van der Waals surface area (Å²) in [6.45, 7) is 3.11. The molecule has 2 atom stereocenters. The number of rotatable bonds is 8. The lowest BCUT2D eigenvalue weighted by Gasteiger charge is -2.32. The number of carbonyl (C=O) groups excluding carboxylic acids is 3. The van der Waals surface area contributed by atoms with Crippen molar-refractivity contribution >= 4 is 53.7 Å². The lowest BCUT2D eigenvalue weighted by molar-refractivity contribution is -0.139. The van der Waals surface area contributed by atoms with E-state index in [1.165, 1.54) is 7.11 Å². The van der Waals surface area contributed by atoms with Crippen LogP contribution in [0, 0.1) is 0 Å². The third kappa shape index (κ3) is 5.54. The lowest BCUT2D eigenvalue weighted by Crippen LogP contribution is -2.36. The van der Waals surface area contributed by atoms with Crippen LogP contribution in [0.15, 0.2) is 40.7 Å². The maximum absolute atomic E-state index is 13.0. The first kappa shape index (κ1) is 25.1. The molecule has 0 saturated heterocycles. The Hall–Kier alpha value is -2.20.